The number of benzene rings is 1. The molecule has 132 valence electrons. The number of rotatable bonds is 0. The van der Waals surface area contributed by atoms with Crippen molar-refractivity contribution in [2.75, 3.05) is 0 Å². The fourth-order valence-electron chi connectivity index (χ4n) is 2.78. The highest BCUT2D eigenvalue weighted by Gasteiger charge is 2.38. The Morgan fingerprint density at radius 3 is 2.72 bits per heavy atom. The molecule has 7 heteroatoms. The van der Waals surface area contributed by atoms with Gasteiger partial charge in [0, 0.05) is 24.5 Å². The molecular formula is C18H17ClO6. The molecule has 25 heavy (non-hydrogen) atoms. The second kappa shape index (κ2) is 6.90. The van der Waals surface area contributed by atoms with Crippen molar-refractivity contribution in [2.24, 2.45) is 0 Å². The first-order valence-electron chi connectivity index (χ1n) is 7.84. The molecule has 3 atom stereocenters. The number of hydrogen-bond acceptors (Lipinski definition) is 6. The van der Waals surface area contributed by atoms with Gasteiger partial charge in [-0.1, -0.05) is 29.8 Å². The molecule has 2 N–H and O–H groups in total. The van der Waals surface area contributed by atoms with Gasteiger partial charge in [0.2, 0.25) is 0 Å². The monoisotopic (exact) mass is 364 g/mol. The molecule has 3 rings (SSSR count). The maximum atomic E-state index is 12.5. The molecule has 1 fully saturated rings. The lowest BCUT2D eigenvalue weighted by Gasteiger charge is -2.16. The smallest absolute Gasteiger partial charge is 0.342 e. The molecule has 0 spiro atoms. The number of ketones is 1. The second-order valence-electron chi connectivity index (χ2n) is 6.06. The Morgan fingerprint density at radius 1 is 1.20 bits per heavy atom. The lowest BCUT2D eigenvalue weighted by molar-refractivity contribution is -0.114. The van der Waals surface area contributed by atoms with E-state index < -0.39 is 23.6 Å². The number of aromatic hydroxyl groups is 2. The molecule has 0 unspecified atom stereocenters. The van der Waals surface area contributed by atoms with Gasteiger partial charge in [-0.3, -0.25) is 4.79 Å². The van der Waals surface area contributed by atoms with Crippen LogP contribution in [0.4, 0.5) is 0 Å². The van der Waals surface area contributed by atoms with E-state index in [0.29, 0.717) is 6.42 Å². The fraction of sp³-hybridized carbons (Fsp3) is 0.333. The van der Waals surface area contributed by atoms with Crippen molar-refractivity contribution in [1.82, 2.24) is 0 Å². The number of carbonyl (C=O) groups excluding carboxylic acids is 2. The Kier molecular flexibility index (Phi) is 4.83. The number of halogens is 1. The average molecular weight is 365 g/mol. The lowest BCUT2D eigenvalue weighted by atomic mass is 10.00. The predicted molar refractivity (Wildman–Crippen MR) is 89.9 cm³/mol. The number of allylic oxidation sites excluding steroid dienone is 3. The zero-order valence-corrected chi connectivity index (χ0v) is 14.2. The number of carbonyl (C=O) groups is 2. The first-order chi connectivity index (χ1) is 11.9. The van der Waals surface area contributed by atoms with Gasteiger partial charge in [0.25, 0.3) is 0 Å². The highest BCUT2D eigenvalue weighted by Crippen LogP contribution is 2.37. The SMILES string of the molecule is C[C@@H]1C[C@H]2O[C@@H]2/C=C\C=C/C(=O)Cc2c(Cl)c(O)cc(O)c2C(=O)O1. The van der Waals surface area contributed by atoms with Crippen LogP contribution in [0.25, 0.3) is 0 Å². The van der Waals surface area contributed by atoms with E-state index >= 15 is 0 Å². The zero-order valence-electron chi connectivity index (χ0n) is 13.4. The van der Waals surface area contributed by atoms with Gasteiger partial charge in [-0.15, -0.1) is 0 Å². The van der Waals surface area contributed by atoms with Gasteiger partial charge in [0.15, 0.2) is 5.78 Å². The molecule has 1 saturated heterocycles. The van der Waals surface area contributed by atoms with Crippen LogP contribution in [0.15, 0.2) is 30.4 Å². The van der Waals surface area contributed by atoms with Gasteiger partial charge in [0.05, 0.1) is 11.1 Å². The first kappa shape index (κ1) is 17.5. The van der Waals surface area contributed by atoms with E-state index in [0.717, 1.165) is 6.07 Å². The van der Waals surface area contributed by atoms with E-state index in [1.807, 2.05) is 6.08 Å². The quantitative estimate of drug-likeness (QED) is 0.542. The van der Waals surface area contributed by atoms with Crippen molar-refractivity contribution in [3.63, 3.8) is 0 Å². The van der Waals surface area contributed by atoms with E-state index in [9.17, 15) is 19.8 Å². The van der Waals surface area contributed by atoms with E-state index in [4.69, 9.17) is 21.1 Å². The summed E-state index contributed by atoms with van der Waals surface area (Å²) in [6.45, 7) is 1.72. The number of phenolic OH excluding ortho intramolecular Hbond substituents is 2. The molecule has 0 aliphatic carbocycles. The number of fused-ring (bicyclic) bond motifs is 2. The summed E-state index contributed by atoms with van der Waals surface area (Å²) in [5.74, 6) is -2.04. The summed E-state index contributed by atoms with van der Waals surface area (Å²) in [5, 5.41) is 19.7. The normalized spacial score (nSPS) is 29.0. The molecular weight excluding hydrogens is 348 g/mol. The molecule has 0 aromatic heterocycles. The fourth-order valence-corrected chi connectivity index (χ4v) is 3.00. The molecule has 2 aliphatic rings. The van der Waals surface area contributed by atoms with Gasteiger partial charge >= 0.3 is 5.97 Å². The largest absolute Gasteiger partial charge is 0.507 e. The van der Waals surface area contributed by atoms with Gasteiger partial charge in [0.1, 0.15) is 29.3 Å². The Morgan fingerprint density at radius 2 is 1.96 bits per heavy atom. The van der Waals surface area contributed by atoms with E-state index in [1.165, 1.54) is 6.08 Å². The van der Waals surface area contributed by atoms with Gasteiger partial charge in [-0.25, -0.2) is 4.79 Å². The number of esters is 1. The Hall–Kier alpha value is -2.31. The number of hydrogen-bond donors (Lipinski definition) is 2. The molecule has 0 radical (unpaired) electrons. The predicted octanol–water partition coefficient (Wildman–Crippen LogP) is 2.69. The highest BCUT2D eigenvalue weighted by atomic mass is 35.5. The van der Waals surface area contributed by atoms with Crippen molar-refractivity contribution < 1.29 is 29.3 Å². The summed E-state index contributed by atoms with van der Waals surface area (Å²) in [7, 11) is 0. The van der Waals surface area contributed by atoms with Crippen LogP contribution >= 0.6 is 11.6 Å². The number of cyclic esters (lactones) is 1. The minimum Gasteiger partial charge on any atom is -0.507 e. The standard InChI is InChI=1S/C18H17ClO6/c1-9-6-15-14(25-15)5-3-2-4-10(20)7-11-16(18(23)24-9)12(21)8-13(22)17(11)19/h2-5,8-9,14-15,21-22H,6-7H2,1H3/b4-2-,5-3-/t9-,14-,15-/m1/s1. The van der Waals surface area contributed by atoms with Crippen molar-refractivity contribution in [1.29, 1.82) is 0 Å². The summed E-state index contributed by atoms with van der Waals surface area (Å²) in [4.78, 5) is 24.6. The van der Waals surface area contributed by atoms with Crippen LogP contribution in [-0.4, -0.2) is 40.3 Å². The second-order valence-corrected chi connectivity index (χ2v) is 6.44. The number of ether oxygens (including phenoxy) is 2. The molecule has 0 amide bonds. The third kappa shape index (κ3) is 3.86. The van der Waals surface area contributed by atoms with Crippen LogP contribution in [0.2, 0.25) is 5.02 Å². The minimum absolute atomic E-state index is 0.0348. The van der Waals surface area contributed by atoms with E-state index in [-0.39, 0.29) is 40.6 Å². The van der Waals surface area contributed by atoms with Gasteiger partial charge in [-0.05, 0) is 13.0 Å². The third-order valence-corrected chi connectivity index (χ3v) is 4.49. The maximum absolute atomic E-state index is 12.5. The maximum Gasteiger partial charge on any atom is 0.342 e. The molecule has 6 nitrogen and oxygen atoms in total. The van der Waals surface area contributed by atoms with Crippen molar-refractivity contribution in [3.05, 3.63) is 46.5 Å². The summed E-state index contributed by atoms with van der Waals surface area (Å²) in [6, 6.07) is 0.958. The lowest BCUT2D eigenvalue weighted by Crippen LogP contribution is -2.19. The highest BCUT2D eigenvalue weighted by molar-refractivity contribution is 6.33. The molecule has 1 aromatic carbocycles. The number of epoxide rings is 1. The number of phenols is 2. The molecule has 0 saturated carbocycles. The minimum atomic E-state index is -0.802. The van der Waals surface area contributed by atoms with Crippen LogP contribution in [0, 0.1) is 0 Å². The molecule has 2 aliphatic heterocycles. The van der Waals surface area contributed by atoms with Crippen molar-refractivity contribution in [2.45, 2.75) is 38.1 Å². The molecule has 1 aromatic rings. The molecule has 2 heterocycles. The Balaban J connectivity index is 2.01. The van der Waals surface area contributed by atoms with Gasteiger partial charge in [-0.2, -0.15) is 0 Å². The van der Waals surface area contributed by atoms with Gasteiger partial charge < -0.3 is 19.7 Å². The molecule has 0 bridgehead atoms. The van der Waals surface area contributed by atoms with Crippen molar-refractivity contribution >= 4 is 23.4 Å². The summed E-state index contributed by atoms with van der Waals surface area (Å²) >= 11 is 6.05. The van der Waals surface area contributed by atoms with E-state index in [2.05, 4.69) is 0 Å². The Labute approximate surface area is 149 Å². The van der Waals surface area contributed by atoms with Crippen LogP contribution in [0.3, 0.4) is 0 Å². The van der Waals surface area contributed by atoms with Crippen LogP contribution < -0.4 is 0 Å². The van der Waals surface area contributed by atoms with Crippen LogP contribution in [-0.2, 0) is 20.7 Å². The van der Waals surface area contributed by atoms with Crippen LogP contribution in [0.1, 0.15) is 29.3 Å². The van der Waals surface area contributed by atoms with Crippen molar-refractivity contribution in [3.8, 4) is 11.5 Å². The topological polar surface area (TPSA) is 96.4 Å². The zero-order chi connectivity index (χ0) is 18.1. The third-order valence-electron chi connectivity index (χ3n) is 4.06. The van der Waals surface area contributed by atoms with E-state index in [1.54, 1.807) is 19.1 Å². The first-order valence-corrected chi connectivity index (χ1v) is 8.22. The summed E-state index contributed by atoms with van der Waals surface area (Å²) < 4.78 is 10.8. The van der Waals surface area contributed by atoms with Crippen LogP contribution in [0.5, 0.6) is 11.5 Å². The summed E-state index contributed by atoms with van der Waals surface area (Å²) in [5.41, 5.74) is -0.176. The average Bonchev–Trinajstić information content (AvgIpc) is 3.25. The summed E-state index contributed by atoms with van der Waals surface area (Å²) in [6.07, 6.45) is 6.13. The Bertz CT molecular complexity index is 782.